The molecule has 4 rings (SSSR count). The lowest BCUT2D eigenvalue weighted by Crippen LogP contribution is -2.22. The molecule has 0 radical (unpaired) electrons. The second-order valence-corrected chi connectivity index (χ2v) is 6.57. The van der Waals surface area contributed by atoms with Gasteiger partial charge in [-0.05, 0) is 32.4 Å². The summed E-state index contributed by atoms with van der Waals surface area (Å²) < 4.78 is 5.46. The molecule has 0 N–H and O–H groups in total. The maximum absolute atomic E-state index is 5.46. The minimum absolute atomic E-state index is 0.300. The number of aryl methyl sites for hydroxylation is 1. The molecule has 0 aliphatic carbocycles. The predicted molar refractivity (Wildman–Crippen MR) is 86.8 cm³/mol. The molecule has 0 unspecified atom stereocenters. The van der Waals surface area contributed by atoms with E-state index in [1.54, 1.807) is 23.7 Å². The highest BCUT2D eigenvalue weighted by Gasteiger charge is 2.29. The quantitative estimate of drug-likeness (QED) is 0.733. The third-order valence-electron chi connectivity index (χ3n) is 4.01. The van der Waals surface area contributed by atoms with Gasteiger partial charge in [0, 0.05) is 30.4 Å². The largest absolute Gasteiger partial charge is 0.359 e. The van der Waals surface area contributed by atoms with Crippen LogP contribution in [0, 0.1) is 6.92 Å². The third kappa shape index (κ3) is 3.02. The van der Waals surface area contributed by atoms with Crippen molar-refractivity contribution in [2.24, 2.45) is 0 Å². The highest BCUT2D eigenvalue weighted by molar-refractivity contribution is 7.13. The van der Waals surface area contributed by atoms with E-state index in [1.165, 1.54) is 6.42 Å². The number of aromatic nitrogens is 4. The van der Waals surface area contributed by atoms with Crippen molar-refractivity contribution in [2.75, 3.05) is 6.54 Å². The van der Waals surface area contributed by atoms with Crippen molar-refractivity contribution < 1.29 is 4.52 Å². The van der Waals surface area contributed by atoms with Crippen LogP contribution < -0.4 is 0 Å². The molecule has 1 aliphatic rings. The van der Waals surface area contributed by atoms with Crippen LogP contribution in [0.25, 0.3) is 10.8 Å². The fourth-order valence-corrected chi connectivity index (χ4v) is 3.73. The average Bonchev–Trinajstić information content (AvgIpc) is 3.29. The van der Waals surface area contributed by atoms with E-state index in [2.05, 4.69) is 30.4 Å². The summed E-state index contributed by atoms with van der Waals surface area (Å²) in [5.41, 5.74) is 1.99. The number of hydrogen-bond acceptors (Lipinski definition) is 7. The molecule has 1 aliphatic heterocycles. The zero-order valence-electron chi connectivity index (χ0n) is 12.8. The molecule has 0 amide bonds. The van der Waals surface area contributed by atoms with Gasteiger partial charge in [0.05, 0.1) is 17.4 Å². The molecule has 0 saturated carbocycles. The summed E-state index contributed by atoms with van der Waals surface area (Å²) in [7, 11) is 0. The number of likely N-dealkylation sites (tertiary alicyclic amines) is 1. The van der Waals surface area contributed by atoms with Crippen molar-refractivity contribution in [1.82, 2.24) is 25.0 Å². The fraction of sp³-hybridized carbons (Fsp3) is 0.375. The summed E-state index contributed by atoms with van der Waals surface area (Å²) in [4.78, 5) is 15.6. The van der Waals surface area contributed by atoms with Crippen molar-refractivity contribution in [1.29, 1.82) is 0 Å². The predicted octanol–water partition coefficient (Wildman–Crippen LogP) is 3.23. The van der Waals surface area contributed by atoms with E-state index in [-0.39, 0.29) is 0 Å². The molecule has 0 spiro atoms. The Bertz CT molecular complexity index is 785. The molecular formula is C16H17N5OS. The summed E-state index contributed by atoms with van der Waals surface area (Å²) in [6.07, 6.45) is 5.76. The molecule has 23 heavy (non-hydrogen) atoms. The summed E-state index contributed by atoms with van der Waals surface area (Å²) >= 11 is 1.59. The SMILES string of the molecule is Cc1cc([C@@H]2CCCN2Cc2csc(-c3ncccn3)n2)on1. The van der Waals surface area contributed by atoms with E-state index in [1.807, 2.05) is 19.1 Å². The van der Waals surface area contributed by atoms with Crippen LogP contribution in [0.1, 0.15) is 36.0 Å². The van der Waals surface area contributed by atoms with Gasteiger partial charge in [-0.25, -0.2) is 15.0 Å². The van der Waals surface area contributed by atoms with Crippen LogP contribution in [0.15, 0.2) is 34.4 Å². The van der Waals surface area contributed by atoms with Crippen molar-refractivity contribution in [3.05, 3.63) is 47.1 Å². The van der Waals surface area contributed by atoms with Crippen LogP contribution in [0.3, 0.4) is 0 Å². The van der Waals surface area contributed by atoms with Crippen molar-refractivity contribution in [3.8, 4) is 10.8 Å². The van der Waals surface area contributed by atoms with Crippen LogP contribution >= 0.6 is 11.3 Å². The molecule has 3 aromatic rings. The van der Waals surface area contributed by atoms with Crippen LogP contribution in [-0.2, 0) is 6.54 Å². The molecular weight excluding hydrogens is 310 g/mol. The lowest BCUT2D eigenvalue weighted by molar-refractivity contribution is 0.205. The topological polar surface area (TPSA) is 67.9 Å². The number of thiazole rings is 1. The standard InChI is InChI=1S/C16H17N5OS/c1-11-8-14(22-20-11)13-4-2-7-21(13)9-12-10-23-16(19-12)15-17-5-3-6-18-15/h3,5-6,8,10,13H,2,4,7,9H2,1H3/t13-/m0/s1. The first-order chi connectivity index (χ1) is 11.3. The first-order valence-electron chi connectivity index (χ1n) is 7.68. The maximum atomic E-state index is 5.46. The molecule has 7 heteroatoms. The molecule has 4 heterocycles. The van der Waals surface area contributed by atoms with E-state index >= 15 is 0 Å². The second kappa shape index (κ2) is 6.17. The average molecular weight is 327 g/mol. The first-order valence-corrected chi connectivity index (χ1v) is 8.56. The van der Waals surface area contributed by atoms with Gasteiger partial charge in [0.1, 0.15) is 0 Å². The van der Waals surface area contributed by atoms with Gasteiger partial charge < -0.3 is 4.52 Å². The van der Waals surface area contributed by atoms with E-state index in [0.717, 1.165) is 41.7 Å². The Balaban J connectivity index is 1.50. The molecule has 1 atom stereocenters. The molecule has 6 nitrogen and oxygen atoms in total. The smallest absolute Gasteiger partial charge is 0.188 e. The summed E-state index contributed by atoms with van der Waals surface area (Å²) in [6, 6.07) is 4.15. The second-order valence-electron chi connectivity index (χ2n) is 5.72. The first kappa shape index (κ1) is 14.5. The molecule has 118 valence electrons. The summed E-state index contributed by atoms with van der Waals surface area (Å²) in [5.74, 6) is 1.65. The monoisotopic (exact) mass is 327 g/mol. The number of rotatable bonds is 4. The molecule has 1 saturated heterocycles. The Morgan fingerprint density at radius 2 is 2.22 bits per heavy atom. The summed E-state index contributed by atoms with van der Waals surface area (Å²) in [5, 5.41) is 6.97. The van der Waals surface area contributed by atoms with Gasteiger partial charge in [-0.1, -0.05) is 5.16 Å². The van der Waals surface area contributed by atoms with Gasteiger partial charge in [0.2, 0.25) is 0 Å². The van der Waals surface area contributed by atoms with Crippen molar-refractivity contribution >= 4 is 11.3 Å². The Hall–Kier alpha value is -2.12. The van der Waals surface area contributed by atoms with Gasteiger partial charge in [0.15, 0.2) is 16.6 Å². The minimum Gasteiger partial charge on any atom is -0.359 e. The number of nitrogens with zero attached hydrogens (tertiary/aromatic N) is 5. The van der Waals surface area contributed by atoms with Crippen LogP contribution in [0.5, 0.6) is 0 Å². The molecule has 3 aromatic heterocycles. The Labute approximate surface area is 138 Å². The summed E-state index contributed by atoms with van der Waals surface area (Å²) in [6.45, 7) is 3.83. The number of hydrogen-bond donors (Lipinski definition) is 0. The van der Waals surface area contributed by atoms with E-state index < -0.39 is 0 Å². The van der Waals surface area contributed by atoms with E-state index in [9.17, 15) is 0 Å². The van der Waals surface area contributed by atoms with Crippen LogP contribution in [0.4, 0.5) is 0 Å². The van der Waals surface area contributed by atoms with E-state index in [4.69, 9.17) is 4.52 Å². The van der Waals surface area contributed by atoms with Crippen LogP contribution in [0.2, 0.25) is 0 Å². The van der Waals surface area contributed by atoms with Gasteiger partial charge in [-0.3, -0.25) is 4.90 Å². The zero-order chi connectivity index (χ0) is 15.6. The highest BCUT2D eigenvalue weighted by atomic mass is 32.1. The Kier molecular flexibility index (Phi) is 3.88. The lowest BCUT2D eigenvalue weighted by Gasteiger charge is -2.20. The fourth-order valence-electron chi connectivity index (χ4n) is 2.98. The van der Waals surface area contributed by atoms with Crippen molar-refractivity contribution in [2.45, 2.75) is 32.4 Å². The van der Waals surface area contributed by atoms with Gasteiger partial charge >= 0.3 is 0 Å². The molecule has 0 bridgehead atoms. The highest BCUT2D eigenvalue weighted by Crippen LogP contribution is 2.34. The molecule has 0 aromatic carbocycles. The van der Waals surface area contributed by atoms with Crippen molar-refractivity contribution in [3.63, 3.8) is 0 Å². The third-order valence-corrected chi connectivity index (χ3v) is 4.90. The van der Waals surface area contributed by atoms with Gasteiger partial charge in [-0.2, -0.15) is 0 Å². The maximum Gasteiger partial charge on any atom is 0.188 e. The van der Waals surface area contributed by atoms with Gasteiger partial charge in [-0.15, -0.1) is 11.3 Å². The van der Waals surface area contributed by atoms with Crippen LogP contribution in [-0.4, -0.2) is 31.6 Å². The lowest BCUT2D eigenvalue weighted by atomic mass is 10.1. The minimum atomic E-state index is 0.300. The normalized spacial score (nSPS) is 18.6. The molecule has 1 fully saturated rings. The zero-order valence-corrected chi connectivity index (χ0v) is 13.7. The van der Waals surface area contributed by atoms with Gasteiger partial charge in [0.25, 0.3) is 0 Å². The van der Waals surface area contributed by atoms with E-state index in [0.29, 0.717) is 11.9 Å². The Morgan fingerprint density at radius 1 is 1.35 bits per heavy atom. The Morgan fingerprint density at radius 3 is 3.00 bits per heavy atom.